The number of ether oxygens (including phenoxy) is 3. The molecule has 0 spiro atoms. The van der Waals surface area contributed by atoms with Gasteiger partial charge in [-0.2, -0.15) is 10.2 Å². The van der Waals surface area contributed by atoms with Gasteiger partial charge in [0.25, 0.3) is 5.88 Å². The molecule has 0 aliphatic carbocycles. The minimum absolute atomic E-state index is 0.00597. The average Bonchev–Trinajstić information content (AvgIpc) is 2.97. The van der Waals surface area contributed by atoms with E-state index in [2.05, 4.69) is 25.5 Å². The van der Waals surface area contributed by atoms with Crippen LogP contribution in [0.1, 0.15) is 37.8 Å². The second kappa shape index (κ2) is 12.8. The summed E-state index contributed by atoms with van der Waals surface area (Å²) in [5, 5.41) is 14.5. The lowest BCUT2D eigenvalue weighted by Crippen LogP contribution is -2.48. The number of nitrogens with one attached hydrogen (secondary N) is 2. The van der Waals surface area contributed by atoms with Crippen molar-refractivity contribution >= 4 is 35.2 Å². The third-order valence-electron chi connectivity index (χ3n) is 7.02. The first-order chi connectivity index (χ1) is 19.5. The van der Waals surface area contributed by atoms with Gasteiger partial charge < -0.3 is 29.3 Å². The molecular weight excluding hydrogens is 538 g/mol. The largest absolute Gasteiger partial charge is 0.487 e. The number of nitrogens with zero attached hydrogens (tertiary/aromatic N) is 5. The molecule has 0 unspecified atom stereocenters. The van der Waals surface area contributed by atoms with Crippen molar-refractivity contribution in [2.45, 2.75) is 38.1 Å². The first kappa shape index (κ1) is 27.5. The van der Waals surface area contributed by atoms with Gasteiger partial charge >= 0.3 is 12.1 Å². The molecule has 0 radical (unpaired) electrons. The molecule has 4 heterocycles. The van der Waals surface area contributed by atoms with Crippen LogP contribution in [0.5, 0.6) is 17.4 Å². The molecule has 5 rings (SSSR count). The number of urea groups is 1. The predicted octanol–water partition coefficient (Wildman–Crippen LogP) is 4.42. The van der Waals surface area contributed by atoms with Crippen LogP contribution < -0.4 is 24.8 Å². The molecule has 13 heteroatoms. The van der Waals surface area contributed by atoms with Crippen molar-refractivity contribution in [2.75, 3.05) is 50.0 Å². The summed E-state index contributed by atoms with van der Waals surface area (Å²) >= 11 is 6.46. The van der Waals surface area contributed by atoms with E-state index in [1.54, 1.807) is 17.1 Å². The molecule has 0 atom stereocenters. The molecule has 2 bridgehead atoms. The third-order valence-corrected chi connectivity index (χ3v) is 7.31. The van der Waals surface area contributed by atoms with Gasteiger partial charge in [0.1, 0.15) is 25.0 Å². The summed E-state index contributed by atoms with van der Waals surface area (Å²) in [6.45, 7) is 3.73. The number of fused-ring (bicyclic) bond motifs is 3. The number of piperidine rings is 2. The van der Waals surface area contributed by atoms with E-state index in [1.165, 1.54) is 37.6 Å². The van der Waals surface area contributed by atoms with E-state index in [-0.39, 0.29) is 52.8 Å². The van der Waals surface area contributed by atoms with Gasteiger partial charge in [0.05, 0.1) is 16.9 Å². The Kier molecular flexibility index (Phi) is 8.83. The highest BCUT2D eigenvalue weighted by molar-refractivity contribution is 6.32. The molecule has 1 aromatic carbocycles. The molecule has 40 heavy (non-hydrogen) atoms. The third kappa shape index (κ3) is 6.73. The second-order valence-corrected chi connectivity index (χ2v) is 10.1. The smallest absolute Gasteiger partial charge is 0.415 e. The van der Waals surface area contributed by atoms with E-state index < -0.39 is 12.1 Å². The number of carbonyl (C=O) groups excluding carboxylic acids is 2. The highest BCUT2D eigenvalue weighted by Gasteiger charge is 2.29. The van der Waals surface area contributed by atoms with E-state index in [1.807, 2.05) is 6.07 Å². The van der Waals surface area contributed by atoms with Crippen LogP contribution in [0.15, 0.2) is 30.5 Å². The van der Waals surface area contributed by atoms with E-state index in [0.717, 1.165) is 25.9 Å². The number of aromatic nitrogens is 2. The lowest BCUT2D eigenvalue weighted by molar-refractivity contribution is 0.0878. The number of halogens is 1. The molecule has 2 saturated heterocycles. The van der Waals surface area contributed by atoms with E-state index in [4.69, 9.17) is 25.8 Å². The molecule has 0 saturated carbocycles. The van der Waals surface area contributed by atoms with Crippen LogP contribution in [0.2, 0.25) is 5.02 Å². The van der Waals surface area contributed by atoms with Crippen LogP contribution in [0.3, 0.4) is 0 Å². The van der Waals surface area contributed by atoms with Gasteiger partial charge in [-0.1, -0.05) is 18.0 Å². The van der Waals surface area contributed by atoms with Crippen LogP contribution in [0, 0.1) is 11.3 Å². The van der Waals surface area contributed by atoms with Gasteiger partial charge in [-0.25, -0.2) is 14.6 Å². The standard InChI is InChI=1S/C27H30ClN7O5/c28-19-14-20-23(15-22(19)40-27(37)35-10-6-18(7-11-35)34-8-2-1-3-9-34)38-12-4-5-13-39-25-21(16-29)30-17-24(32-25)33-26(36)31-20/h4-5,14-15,17-18H,1-3,6-13H2,(H2,31,32,33,36)/b5-4-. The summed E-state index contributed by atoms with van der Waals surface area (Å²) in [5.41, 5.74) is 0.251. The van der Waals surface area contributed by atoms with Crippen molar-refractivity contribution in [3.63, 3.8) is 0 Å². The number of likely N-dealkylation sites (tertiary alicyclic amines) is 2. The summed E-state index contributed by atoms with van der Waals surface area (Å²) in [5.74, 6) is 0.450. The molecule has 3 aliphatic heterocycles. The van der Waals surface area contributed by atoms with E-state index in [9.17, 15) is 14.9 Å². The van der Waals surface area contributed by atoms with Gasteiger partial charge in [0.2, 0.25) is 5.69 Å². The van der Waals surface area contributed by atoms with Gasteiger partial charge in [-0.3, -0.25) is 5.32 Å². The molecule has 3 aliphatic rings. The number of amides is 3. The van der Waals surface area contributed by atoms with Crippen molar-refractivity contribution in [1.29, 1.82) is 5.26 Å². The predicted molar refractivity (Wildman–Crippen MR) is 147 cm³/mol. The van der Waals surface area contributed by atoms with Crippen LogP contribution in [-0.4, -0.2) is 77.3 Å². The molecule has 2 fully saturated rings. The zero-order valence-electron chi connectivity index (χ0n) is 21.9. The maximum absolute atomic E-state index is 13.0. The Labute approximate surface area is 236 Å². The summed E-state index contributed by atoms with van der Waals surface area (Å²) in [7, 11) is 0. The number of nitriles is 1. The monoisotopic (exact) mass is 567 g/mol. The average molecular weight is 568 g/mol. The first-order valence-corrected chi connectivity index (χ1v) is 13.7. The fourth-order valence-electron chi connectivity index (χ4n) is 4.97. The summed E-state index contributed by atoms with van der Waals surface area (Å²) in [6, 6.07) is 4.68. The summed E-state index contributed by atoms with van der Waals surface area (Å²) < 4.78 is 17.0. The Bertz CT molecular complexity index is 1320. The highest BCUT2D eigenvalue weighted by Crippen LogP contribution is 2.37. The zero-order valence-corrected chi connectivity index (χ0v) is 22.7. The molecule has 210 valence electrons. The Hall–Kier alpha value is -4.08. The number of carbonyl (C=O) groups is 2. The van der Waals surface area contributed by atoms with Gasteiger partial charge in [-0.15, -0.1) is 0 Å². The second-order valence-electron chi connectivity index (χ2n) is 9.65. The van der Waals surface area contributed by atoms with Crippen molar-refractivity contribution in [1.82, 2.24) is 19.8 Å². The Balaban J connectivity index is 1.27. The fraction of sp³-hybridized carbons (Fsp3) is 0.444. The Morgan fingerprint density at radius 1 is 1.07 bits per heavy atom. The Morgan fingerprint density at radius 3 is 2.58 bits per heavy atom. The molecular formula is C27H30ClN7O5. The van der Waals surface area contributed by atoms with Crippen molar-refractivity contribution in [3.8, 4) is 23.4 Å². The minimum atomic E-state index is -0.653. The zero-order chi connectivity index (χ0) is 27.9. The lowest BCUT2D eigenvalue weighted by atomic mass is 10.0. The van der Waals surface area contributed by atoms with Crippen LogP contribution in [0.25, 0.3) is 0 Å². The van der Waals surface area contributed by atoms with E-state index >= 15 is 0 Å². The molecule has 3 amide bonds. The number of benzene rings is 1. The van der Waals surface area contributed by atoms with Gasteiger partial charge in [0.15, 0.2) is 11.6 Å². The van der Waals surface area contributed by atoms with Crippen LogP contribution >= 0.6 is 11.6 Å². The van der Waals surface area contributed by atoms with Crippen LogP contribution in [0.4, 0.5) is 21.1 Å². The first-order valence-electron chi connectivity index (χ1n) is 13.3. The number of hydrogen-bond donors (Lipinski definition) is 2. The van der Waals surface area contributed by atoms with E-state index in [0.29, 0.717) is 19.1 Å². The number of hydrogen-bond acceptors (Lipinski definition) is 9. The van der Waals surface area contributed by atoms with Crippen molar-refractivity contribution in [3.05, 3.63) is 41.2 Å². The summed E-state index contributed by atoms with van der Waals surface area (Å²) in [4.78, 5) is 38.0. The molecule has 2 N–H and O–H groups in total. The maximum atomic E-state index is 13.0. The highest BCUT2D eigenvalue weighted by atomic mass is 35.5. The SMILES string of the molecule is N#Cc1ncc2nc1OC/C=C\COc1cc(OC(=O)N3CCC(N4CCCCC4)CC3)c(Cl)cc1NC(=O)N2. The maximum Gasteiger partial charge on any atom is 0.415 e. The van der Waals surface area contributed by atoms with Gasteiger partial charge in [-0.05, 0) is 57.0 Å². The Morgan fingerprint density at radius 2 is 1.82 bits per heavy atom. The summed E-state index contributed by atoms with van der Waals surface area (Å²) in [6.07, 6.45) is 9.77. The van der Waals surface area contributed by atoms with Crippen LogP contribution in [-0.2, 0) is 0 Å². The fourth-order valence-corrected chi connectivity index (χ4v) is 5.17. The molecule has 1 aromatic heterocycles. The molecule has 2 aromatic rings. The quantitative estimate of drug-likeness (QED) is 0.504. The normalized spacial score (nSPS) is 19.4. The minimum Gasteiger partial charge on any atom is -0.487 e. The number of anilines is 2. The van der Waals surface area contributed by atoms with Crippen molar-refractivity contribution < 1.29 is 23.8 Å². The van der Waals surface area contributed by atoms with Crippen molar-refractivity contribution in [2.24, 2.45) is 0 Å². The lowest BCUT2D eigenvalue weighted by Gasteiger charge is -2.39. The number of rotatable bonds is 2. The molecule has 12 nitrogen and oxygen atoms in total. The van der Waals surface area contributed by atoms with Gasteiger partial charge in [0, 0.05) is 25.2 Å². The topological polar surface area (TPSA) is 142 Å².